The molecule has 0 unspecified atom stereocenters. The molecule has 0 spiro atoms. The predicted octanol–water partition coefficient (Wildman–Crippen LogP) is 2.93. The number of carbonyl (C=O) groups is 1. The van der Waals surface area contributed by atoms with Gasteiger partial charge in [-0.3, -0.25) is 0 Å². The summed E-state index contributed by atoms with van der Waals surface area (Å²) in [5.41, 5.74) is 0.450. The lowest BCUT2D eigenvalue weighted by Crippen LogP contribution is -2.23. The van der Waals surface area contributed by atoms with Crippen LogP contribution < -0.4 is 0 Å². The largest absolute Gasteiger partial charge is 0.462 e. The molecule has 0 aliphatic heterocycles. The monoisotopic (exact) mass is 332 g/mol. The van der Waals surface area contributed by atoms with Gasteiger partial charge in [0.1, 0.15) is 0 Å². The quantitative estimate of drug-likeness (QED) is 0.152. The van der Waals surface area contributed by atoms with Gasteiger partial charge in [0.05, 0.1) is 19.8 Å². The Morgan fingerprint density at radius 3 is 2.23 bits per heavy atom. The zero-order valence-electron chi connectivity index (χ0n) is 14.4. The first-order chi connectivity index (χ1) is 10.6. The molecule has 0 saturated carbocycles. The van der Waals surface area contributed by atoms with E-state index in [2.05, 4.69) is 20.4 Å². The van der Waals surface area contributed by atoms with E-state index in [1.165, 1.54) is 0 Å². The highest BCUT2D eigenvalue weighted by molar-refractivity contribution is 6.27. The summed E-state index contributed by atoms with van der Waals surface area (Å²) in [6.07, 6.45) is 4.93. The Morgan fingerprint density at radius 2 is 1.68 bits per heavy atom. The van der Waals surface area contributed by atoms with Gasteiger partial charge >= 0.3 is 5.97 Å². The molecule has 0 fully saturated rings. The van der Waals surface area contributed by atoms with E-state index in [9.17, 15) is 4.79 Å². The summed E-state index contributed by atoms with van der Waals surface area (Å²) in [5.74, 6) is -0.304. The Morgan fingerprint density at radius 1 is 1.05 bits per heavy atom. The number of hydrogen-bond donors (Lipinski definition) is 0. The van der Waals surface area contributed by atoms with E-state index in [0.717, 1.165) is 38.1 Å². The molecule has 0 aromatic heterocycles. The Balaban J connectivity index is 3.51. The van der Waals surface area contributed by atoms with E-state index in [4.69, 9.17) is 18.6 Å². The van der Waals surface area contributed by atoms with Crippen LogP contribution in [0.1, 0.15) is 52.9 Å². The minimum absolute atomic E-state index is 0.304. The molecule has 130 valence electrons. The Hall–Kier alpha value is -0.693. The SMILES string of the molecule is C=C(C)C(=O)OCCCCC[SiH2]OC(OCCC)OCCC. The van der Waals surface area contributed by atoms with Gasteiger partial charge in [-0.2, -0.15) is 0 Å². The van der Waals surface area contributed by atoms with Crippen LogP contribution in [0.15, 0.2) is 12.2 Å². The average Bonchev–Trinajstić information content (AvgIpc) is 2.51. The van der Waals surface area contributed by atoms with Crippen molar-refractivity contribution in [2.24, 2.45) is 0 Å². The first kappa shape index (κ1) is 21.3. The molecule has 0 aliphatic rings. The second-order valence-electron chi connectivity index (χ2n) is 5.23. The second-order valence-corrected chi connectivity index (χ2v) is 6.68. The van der Waals surface area contributed by atoms with Crippen molar-refractivity contribution in [3.05, 3.63) is 12.2 Å². The van der Waals surface area contributed by atoms with E-state index in [1.54, 1.807) is 6.92 Å². The van der Waals surface area contributed by atoms with Crippen LogP contribution in [-0.4, -0.2) is 42.0 Å². The van der Waals surface area contributed by atoms with E-state index < -0.39 is 16.2 Å². The molecule has 0 radical (unpaired) electrons. The van der Waals surface area contributed by atoms with Gasteiger partial charge < -0.3 is 18.6 Å². The van der Waals surface area contributed by atoms with Gasteiger partial charge in [-0.05, 0) is 32.2 Å². The van der Waals surface area contributed by atoms with Crippen molar-refractivity contribution in [1.29, 1.82) is 0 Å². The molecule has 0 bridgehead atoms. The molecule has 0 aromatic carbocycles. The second kappa shape index (κ2) is 15.2. The van der Waals surface area contributed by atoms with Crippen molar-refractivity contribution < 1.29 is 23.4 Å². The van der Waals surface area contributed by atoms with E-state index in [1.807, 2.05) is 0 Å². The van der Waals surface area contributed by atoms with Gasteiger partial charge in [0.25, 0.3) is 6.48 Å². The molecule has 0 rings (SSSR count). The van der Waals surface area contributed by atoms with Crippen molar-refractivity contribution in [1.82, 2.24) is 0 Å². The zero-order valence-corrected chi connectivity index (χ0v) is 15.8. The molecule has 6 heteroatoms. The van der Waals surface area contributed by atoms with Gasteiger partial charge in [0, 0.05) is 5.57 Å². The van der Waals surface area contributed by atoms with Gasteiger partial charge in [-0.1, -0.05) is 33.3 Å². The maximum atomic E-state index is 11.2. The number of ether oxygens (including phenoxy) is 3. The smallest absolute Gasteiger partial charge is 0.333 e. The van der Waals surface area contributed by atoms with Gasteiger partial charge in [-0.25, -0.2) is 4.79 Å². The fourth-order valence-corrected chi connectivity index (χ4v) is 2.71. The third-order valence-corrected chi connectivity index (χ3v) is 4.09. The van der Waals surface area contributed by atoms with Crippen LogP contribution in [0.5, 0.6) is 0 Å². The lowest BCUT2D eigenvalue weighted by atomic mass is 10.3. The molecule has 0 amide bonds. The summed E-state index contributed by atoms with van der Waals surface area (Å²) in [6, 6.07) is 1.08. The zero-order chi connectivity index (χ0) is 16.6. The molecule has 0 heterocycles. The molecule has 5 nitrogen and oxygen atoms in total. The molecule has 0 aliphatic carbocycles. The van der Waals surface area contributed by atoms with Crippen LogP contribution in [0, 0.1) is 0 Å². The summed E-state index contributed by atoms with van der Waals surface area (Å²) in [4.78, 5) is 11.2. The third-order valence-electron chi connectivity index (χ3n) is 2.79. The van der Waals surface area contributed by atoms with Crippen LogP contribution in [0.25, 0.3) is 0 Å². The number of rotatable bonds is 15. The van der Waals surface area contributed by atoms with Crippen LogP contribution in [0.4, 0.5) is 0 Å². The van der Waals surface area contributed by atoms with Crippen molar-refractivity contribution in [2.45, 2.75) is 65.4 Å². The topological polar surface area (TPSA) is 54.0 Å². The van der Waals surface area contributed by atoms with E-state index >= 15 is 0 Å². The normalized spacial score (nSPS) is 11.5. The number of unbranched alkanes of at least 4 members (excludes halogenated alkanes) is 2. The maximum Gasteiger partial charge on any atom is 0.333 e. The predicted molar refractivity (Wildman–Crippen MR) is 90.3 cm³/mol. The van der Waals surface area contributed by atoms with Crippen molar-refractivity contribution in [2.75, 3.05) is 19.8 Å². The van der Waals surface area contributed by atoms with Crippen molar-refractivity contribution in [3.63, 3.8) is 0 Å². The number of hydrogen-bond acceptors (Lipinski definition) is 5. The van der Waals surface area contributed by atoms with Crippen LogP contribution in [0.2, 0.25) is 6.04 Å². The standard InChI is InChI=1S/C16H32O5Si/c1-5-10-19-16(20-11-6-2)21-22-13-9-7-8-12-18-15(17)14(3)4/h16H,3,5-13,22H2,1-2,4H3. The van der Waals surface area contributed by atoms with Gasteiger partial charge in [0.2, 0.25) is 0 Å². The summed E-state index contributed by atoms with van der Waals surface area (Å²) in [7, 11) is -0.627. The summed E-state index contributed by atoms with van der Waals surface area (Å²) < 4.78 is 21.8. The highest BCUT2D eigenvalue weighted by Crippen LogP contribution is 2.05. The summed E-state index contributed by atoms with van der Waals surface area (Å²) in [5, 5.41) is 0. The highest BCUT2D eigenvalue weighted by atomic mass is 28.2. The molecular weight excluding hydrogens is 300 g/mol. The Bertz CT molecular complexity index is 288. The fourth-order valence-electron chi connectivity index (χ4n) is 1.60. The minimum Gasteiger partial charge on any atom is -0.462 e. The molecule has 0 N–H and O–H groups in total. The van der Waals surface area contributed by atoms with E-state index in [-0.39, 0.29) is 5.97 Å². The van der Waals surface area contributed by atoms with Gasteiger partial charge in [-0.15, -0.1) is 0 Å². The molecular formula is C16H32O5Si. The first-order valence-corrected chi connectivity index (χ1v) is 9.87. The fraction of sp³-hybridized carbons (Fsp3) is 0.812. The van der Waals surface area contributed by atoms with Crippen LogP contribution in [0.3, 0.4) is 0 Å². The van der Waals surface area contributed by atoms with Crippen molar-refractivity contribution in [3.8, 4) is 0 Å². The average molecular weight is 333 g/mol. The van der Waals surface area contributed by atoms with E-state index in [0.29, 0.717) is 25.4 Å². The minimum atomic E-state index is -0.627. The van der Waals surface area contributed by atoms with Crippen LogP contribution in [-0.2, 0) is 23.4 Å². The first-order valence-electron chi connectivity index (χ1n) is 8.29. The molecule has 0 aromatic rings. The van der Waals surface area contributed by atoms with Crippen molar-refractivity contribution >= 4 is 15.7 Å². The molecule has 0 atom stereocenters. The Labute approximate surface area is 137 Å². The van der Waals surface area contributed by atoms with Gasteiger partial charge in [0.15, 0.2) is 9.76 Å². The molecule has 0 saturated heterocycles. The molecule has 22 heavy (non-hydrogen) atoms. The summed E-state index contributed by atoms with van der Waals surface area (Å²) in [6.45, 7) is 10.6. The maximum absolute atomic E-state index is 11.2. The lowest BCUT2D eigenvalue weighted by molar-refractivity contribution is -0.247. The lowest BCUT2D eigenvalue weighted by Gasteiger charge is -2.18. The Kier molecular flexibility index (Phi) is 14.7. The number of carbonyl (C=O) groups excluding carboxylic acids is 1. The van der Waals surface area contributed by atoms with Crippen LogP contribution >= 0.6 is 0 Å². The number of esters is 1. The third kappa shape index (κ3) is 13.0. The highest BCUT2D eigenvalue weighted by Gasteiger charge is 2.08. The summed E-state index contributed by atoms with van der Waals surface area (Å²) >= 11 is 0.